The Balaban J connectivity index is 0.852. The third kappa shape index (κ3) is 6.91. The van der Waals surface area contributed by atoms with Crippen LogP contribution in [0.15, 0.2) is 43.0 Å². The summed E-state index contributed by atoms with van der Waals surface area (Å²) >= 11 is 0. The number of ether oxygens (including phenoxy) is 3. The van der Waals surface area contributed by atoms with Crippen LogP contribution in [0.3, 0.4) is 0 Å². The van der Waals surface area contributed by atoms with E-state index in [-0.39, 0.29) is 41.0 Å². The van der Waals surface area contributed by atoms with Crippen LogP contribution in [-0.2, 0) is 17.7 Å². The van der Waals surface area contributed by atoms with Crippen LogP contribution in [0.25, 0.3) is 0 Å². The Kier molecular flexibility index (Phi) is 9.48. The molecule has 52 heavy (non-hydrogen) atoms. The molecular formula is C39H47FN8O4. The quantitative estimate of drug-likeness (QED) is 0.240. The first kappa shape index (κ1) is 34.7. The number of nitriles is 1. The molecule has 3 saturated heterocycles. The summed E-state index contributed by atoms with van der Waals surface area (Å²) in [6, 6.07) is 7.62. The molecule has 8 rings (SSSR count). The minimum absolute atomic E-state index is 0.0403. The second-order valence-electron chi connectivity index (χ2n) is 15.6. The van der Waals surface area contributed by atoms with E-state index in [9.17, 15) is 14.4 Å². The number of likely N-dealkylation sites (tertiary alicyclic amines) is 1. The van der Waals surface area contributed by atoms with Crippen molar-refractivity contribution in [2.45, 2.75) is 76.7 Å². The summed E-state index contributed by atoms with van der Waals surface area (Å²) in [5.41, 5.74) is 2.74. The Bertz CT molecular complexity index is 1820. The van der Waals surface area contributed by atoms with E-state index in [1.165, 1.54) is 41.8 Å². The molecule has 0 radical (unpaired) electrons. The van der Waals surface area contributed by atoms with Crippen LogP contribution in [-0.4, -0.2) is 112 Å². The van der Waals surface area contributed by atoms with Crippen LogP contribution >= 0.6 is 0 Å². The molecule has 0 unspecified atom stereocenters. The molecule has 5 aliphatic rings. The smallest absolute Gasteiger partial charge is 0.258 e. The number of rotatable bonds is 12. The van der Waals surface area contributed by atoms with E-state index in [1.54, 1.807) is 6.20 Å². The molecule has 2 spiro atoms. The second kappa shape index (κ2) is 14.2. The fraction of sp³-hybridized carbons (Fsp3) is 0.564. The van der Waals surface area contributed by atoms with E-state index in [1.807, 2.05) is 32.2 Å². The highest BCUT2D eigenvalue weighted by atomic mass is 19.1. The van der Waals surface area contributed by atoms with Gasteiger partial charge in [0, 0.05) is 81.2 Å². The summed E-state index contributed by atoms with van der Waals surface area (Å²) in [5.74, 6) is 1.10. The van der Waals surface area contributed by atoms with Gasteiger partial charge in [-0.05, 0) is 83.3 Å². The van der Waals surface area contributed by atoms with Gasteiger partial charge in [-0.25, -0.2) is 14.4 Å². The van der Waals surface area contributed by atoms with E-state index >= 15 is 0 Å². The first-order valence-electron chi connectivity index (χ1n) is 18.6. The zero-order valence-corrected chi connectivity index (χ0v) is 30.1. The summed E-state index contributed by atoms with van der Waals surface area (Å²) in [7, 11) is 0. The number of amides is 1. The lowest BCUT2D eigenvalue weighted by Gasteiger charge is -2.59. The van der Waals surface area contributed by atoms with Crippen molar-refractivity contribution in [1.29, 1.82) is 5.26 Å². The van der Waals surface area contributed by atoms with Gasteiger partial charge in [-0.3, -0.25) is 19.6 Å². The third-order valence-electron chi connectivity index (χ3n) is 11.4. The summed E-state index contributed by atoms with van der Waals surface area (Å²) in [4.78, 5) is 35.4. The van der Waals surface area contributed by atoms with Gasteiger partial charge < -0.3 is 24.0 Å². The number of aromatic nitrogens is 3. The number of carbonyl (C=O) groups is 1. The summed E-state index contributed by atoms with van der Waals surface area (Å²) < 4.78 is 33.2. The van der Waals surface area contributed by atoms with E-state index in [0.29, 0.717) is 11.6 Å². The van der Waals surface area contributed by atoms with Gasteiger partial charge in [-0.1, -0.05) is 0 Å². The minimum atomic E-state index is -0.567. The van der Waals surface area contributed by atoms with Crippen molar-refractivity contribution < 1.29 is 23.4 Å². The highest BCUT2D eigenvalue weighted by molar-refractivity contribution is 5.97. The average molecular weight is 711 g/mol. The lowest BCUT2D eigenvalue weighted by Crippen LogP contribution is -2.65. The molecule has 12 nitrogen and oxygen atoms in total. The first-order valence-corrected chi connectivity index (χ1v) is 18.6. The van der Waals surface area contributed by atoms with Crippen LogP contribution in [0.4, 0.5) is 10.2 Å². The summed E-state index contributed by atoms with van der Waals surface area (Å²) in [6.07, 6.45) is 11.5. The highest BCUT2D eigenvalue weighted by Gasteiger charge is 2.54. The van der Waals surface area contributed by atoms with E-state index in [4.69, 9.17) is 19.2 Å². The molecule has 3 aromatic rings. The number of fused-ring (bicyclic) bond motifs is 1. The predicted octanol–water partition coefficient (Wildman–Crippen LogP) is 4.84. The zero-order valence-electron chi connectivity index (χ0n) is 30.1. The molecule has 6 heterocycles. The van der Waals surface area contributed by atoms with Gasteiger partial charge in [0.05, 0.1) is 23.4 Å². The average Bonchev–Trinajstić information content (AvgIpc) is 3.59. The van der Waals surface area contributed by atoms with Crippen molar-refractivity contribution in [3.63, 3.8) is 0 Å². The number of benzene rings is 1. The van der Waals surface area contributed by atoms with E-state index in [0.717, 1.165) is 102 Å². The summed E-state index contributed by atoms with van der Waals surface area (Å²) in [6.45, 7) is 12.3. The van der Waals surface area contributed by atoms with Gasteiger partial charge in [0.2, 0.25) is 0 Å². The van der Waals surface area contributed by atoms with Gasteiger partial charge >= 0.3 is 0 Å². The molecule has 274 valence electrons. The minimum Gasteiger partial charge on any atom is -0.490 e. The van der Waals surface area contributed by atoms with Crippen molar-refractivity contribution in [1.82, 2.24) is 29.7 Å². The van der Waals surface area contributed by atoms with Gasteiger partial charge in [0.25, 0.3) is 5.91 Å². The number of pyridine rings is 1. The monoisotopic (exact) mass is 710 g/mol. The molecule has 0 bridgehead atoms. The van der Waals surface area contributed by atoms with Crippen LogP contribution in [0.1, 0.15) is 67.6 Å². The Morgan fingerprint density at radius 1 is 1.12 bits per heavy atom. The molecule has 1 saturated carbocycles. The predicted molar refractivity (Wildman–Crippen MR) is 191 cm³/mol. The molecule has 13 heteroatoms. The number of hydrogen-bond donors (Lipinski definition) is 0. The Morgan fingerprint density at radius 3 is 2.71 bits per heavy atom. The SMILES string of the molecule is CC(C)N(CC#N)C(=O)c1cc(F)ccc1Oc1cncnc1N1CC2(CC(Oc3ccnc4c3CN(CCCN3CC5(CCCO5)C3)CC4)C2)C1. The first-order chi connectivity index (χ1) is 25.2. The van der Waals surface area contributed by atoms with Crippen LogP contribution < -0.4 is 14.4 Å². The maximum absolute atomic E-state index is 14.3. The Morgan fingerprint density at radius 2 is 1.94 bits per heavy atom. The number of anilines is 1. The Labute approximate surface area is 304 Å². The van der Waals surface area contributed by atoms with Crippen molar-refractivity contribution in [3.8, 4) is 23.3 Å². The van der Waals surface area contributed by atoms with Crippen LogP contribution in [0.5, 0.6) is 17.2 Å². The number of hydrogen-bond acceptors (Lipinski definition) is 11. The molecule has 4 aliphatic heterocycles. The molecular weight excluding hydrogens is 663 g/mol. The standard InChI is InChI=1S/C39H47FN8O4/c1-27(2)48(15-10-41)37(49)30-17-28(40)5-6-33(30)52-35-20-42-26-44-36(35)47-22-38(23-47)18-29(19-38)51-34-7-11-43-32-8-14-45(21-31(32)34)12-4-13-46-24-39(25-46)9-3-16-50-39/h5-7,11,17,20,26-27,29H,3-4,8-9,12-16,18-19,21-25H2,1-2H3. The van der Waals surface area contributed by atoms with Crippen molar-refractivity contribution in [2.75, 3.05) is 63.9 Å². The van der Waals surface area contributed by atoms with E-state index < -0.39 is 11.7 Å². The molecule has 0 N–H and O–H groups in total. The largest absolute Gasteiger partial charge is 0.490 e. The van der Waals surface area contributed by atoms with Gasteiger partial charge in [-0.2, -0.15) is 5.26 Å². The lowest BCUT2D eigenvalue weighted by molar-refractivity contribution is -0.111. The van der Waals surface area contributed by atoms with Gasteiger partial charge in [0.15, 0.2) is 11.6 Å². The highest BCUT2D eigenvalue weighted by Crippen LogP contribution is 2.52. The zero-order chi connectivity index (χ0) is 35.9. The van der Waals surface area contributed by atoms with E-state index in [2.05, 4.69) is 24.7 Å². The Hall–Kier alpha value is -4.38. The summed E-state index contributed by atoms with van der Waals surface area (Å²) in [5, 5.41) is 9.27. The number of carbonyl (C=O) groups excluding carboxylic acids is 1. The molecule has 0 atom stereocenters. The molecule has 1 aromatic carbocycles. The third-order valence-corrected chi connectivity index (χ3v) is 11.4. The molecule has 2 aromatic heterocycles. The van der Waals surface area contributed by atoms with Gasteiger partial charge in [-0.15, -0.1) is 0 Å². The maximum atomic E-state index is 14.3. The number of nitrogens with zero attached hydrogens (tertiary/aromatic N) is 8. The molecule has 1 amide bonds. The normalized spacial score (nSPS) is 20.6. The topological polar surface area (TPSA) is 120 Å². The lowest BCUT2D eigenvalue weighted by atomic mass is 9.61. The van der Waals surface area contributed by atoms with Crippen LogP contribution in [0.2, 0.25) is 0 Å². The molecule has 4 fully saturated rings. The van der Waals surface area contributed by atoms with Crippen molar-refractivity contribution >= 4 is 11.7 Å². The molecule has 1 aliphatic carbocycles. The second-order valence-corrected chi connectivity index (χ2v) is 15.6. The maximum Gasteiger partial charge on any atom is 0.258 e. The number of halogens is 1. The fourth-order valence-electron chi connectivity index (χ4n) is 8.77. The van der Waals surface area contributed by atoms with Crippen LogP contribution in [0, 0.1) is 22.6 Å². The van der Waals surface area contributed by atoms with Gasteiger partial charge in [0.1, 0.15) is 36.3 Å². The fourth-order valence-corrected chi connectivity index (χ4v) is 8.77. The van der Waals surface area contributed by atoms with Crippen molar-refractivity contribution in [3.05, 3.63) is 65.6 Å². The van der Waals surface area contributed by atoms with Crippen molar-refractivity contribution in [2.24, 2.45) is 5.41 Å².